The lowest BCUT2D eigenvalue weighted by atomic mass is 9.81. The van der Waals surface area contributed by atoms with Crippen molar-refractivity contribution in [3.63, 3.8) is 0 Å². The second-order valence-electron chi connectivity index (χ2n) is 19.6. The number of esters is 1. The van der Waals surface area contributed by atoms with Crippen molar-refractivity contribution in [2.75, 3.05) is 31.5 Å². The number of aromatic nitrogens is 2. The molecule has 4 aliphatic rings. The molecule has 21 nitrogen and oxygen atoms in total. The molecule has 3 atom stereocenters. The molecule has 0 radical (unpaired) electrons. The Morgan fingerprint density at radius 2 is 1.52 bits per heavy atom. The number of ether oxygens (including phenoxy) is 2. The van der Waals surface area contributed by atoms with Crippen LogP contribution in [0.4, 0.5) is 14.9 Å². The lowest BCUT2D eigenvalue weighted by Crippen LogP contribution is -2.45. The minimum absolute atomic E-state index is 0.109. The van der Waals surface area contributed by atoms with Crippen LogP contribution in [0.5, 0.6) is 0 Å². The van der Waals surface area contributed by atoms with Gasteiger partial charge in [0, 0.05) is 60.8 Å². The summed E-state index contributed by atoms with van der Waals surface area (Å²) in [6, 6.07) is 8.27. The molecule has 2 aromatic carbocycles. The fourth-order valence-electron chi connectivity index (χ4n) is 10.1. The van der Waals surface area contributed by atoms with Crippen LogP contribution in [0.15, 0.2) is 53.3 Å². The molecule has 1 unspecified atom stereocenters. The number of alkyl carbamates (subject to hydrolysis) is 1. The maximum atomic E-state index is 15.3. The lowest BCUT2D eigenvalue weighted by Gasteiger charge is -2.29. The number of nitrogens with zero attached hydrogens (tertiary/aromatic N) is 3. The Kier molecular flexibility index (Phi) is 17.5. The van der Waals surface area contributed by atoms with Gasteiger partial charge in [-0.1, -0.05) is 31.9 Å². The first-order valence-corrected chi connectivity index (χ1v) is 26.0. The zero-order valence-electron chi connectivity index (χ0n) is 43.2. The molecule has 6 N–H and O–H groups in total. The Balaban J connectivity index is 0.721. The topological polar surface area (TPSA) is 282 Å². The first kappa shape index (κ1) is 54.9. The quantitative estimate of drug-likeness (QED) is 0.0305. The first-order valence-electron chi connectivity index (χ1n) is 26.0. The van der Waals surface area contributed by atoms with Crippen molar-refractivity contribution in [1.82, 2.24) is 41.0 Å². The SMILES string of the molecule is CCC1C(=O)OCc2c1cc1n(c2=O)Cc2c-1nc1cc(F)c(C)c3c1c2[C@@H](NC(=O)OCc1ccc(NC(=O)[C@H](C)NC(=O)CNC(=O)CCCCCNC(=O)CNC(=O)CCCCCN2C(=O)C=CC2=O)cc1)CC3. The molecule has 22 heteroatoms. The van der Waals surface area contributed by atoms with Crippen LogP contribution in [0.25, 0.3) is 22.3 Å². The van der Waals surface area contributed by atoms with E-state index in [0.29, 0.717) is 116 Å². The van der Waals surface area contributed by atoms with Crippen molar-refractivity contribution in [3.05, 3.63) is 104 Å². The van der Waals surface area contributed by atoms with E-state index in [4.69, 9.17) is 14.5 Å². The Morgan fingerprint density at radius 3 is 2.22 bits per heavy atom. The highest BCUT2D eigenvalue weighted by molar-refractivity contribution is 6.12. The number of cyclic esters (lactones) is 1. The number of pyridine rings is 2. The third-order valence-electron chi connectivity index (χ3n) is 14.3. The minimum atomic E-state index is -0.947. The molecular weight excluding hydrogens is 998 g/mol. The minimum Gasteiger partial charge on any atom is -0.460 e. The van der Waals surface area contributed by atoms with Crippen molar-refractivity contribution in [3.8, 4) is 11.4 Å². The van der Waals surface area contributed by atoms with Gasteiger partial charge in [0.15, 0.2) is 0 Å². The molecule has 0 saturated heterocycles. The van der Waals surface area contributed by atoms with Crippen LogP contribution < -0.4 is 37.5 Å². The van der Waals surface area contributed by atoms with Crippen LogP contribution in [-0.4, -0.2) is 100 Å². The number of benzene rings is 2. The smallest absolute Gasteiger partial charge is 0.407 e. The van der Waals surface area contributed by atoms with Gasteiger partial charge in [-0.15, -0.1) is 0 Å². The van der Waals surface area contributed by atoms with Crippen molar-refractivity contribution < 1.29 is 57.0 Å². The summed E-state index contributed by atoms with van der Waals surface area (Å²) in [7, 11) is 0. The van der Waals surface area contributed by atoms with Crippen molar-refractivity contribution >= 4 is 70.0 Å². The van der Waals surface area contributed by atoms with Gasteiger partial charge in [0.1, 0.15) is 25.1 Å². The second-order valence-corrected chi connectivity index (χ2v) is 19.6. The predicted molar refractivity (Wildman–Crippen MR) is 277 cm³/mol. The van der Waals surface area contributed by atoms with Crippen LogP contribution >= 0.6 is 0 Å². The fourth-order valence-corrected chi connectivity index (χ4v) is 10.1. The van der Waals surface area contributed by atoms with E-state index in [9.17, 15) is 47.9 Å². The van der Waals surface area contributed by atoms with E-state index < -0.39 is 47.7 Å². The summed E-state index contributed by atoms with van der Waals surface area (Å²) in [6.45, 7) is 5.15. The first-order chi connectivity index (χ1) is 37.0. The number of imide groups is 1. The van der Waals surface area contributed by atoms with Crippen LogP contribution in [-0.2, 0) is 74.0 Å². The van der Waals surface area contributed by atoms with Crippen molar-refractivity contribution in [2.24, 2.45) is 0 Å². The van der Waals surface area contributed by atoms with Gasteiger partial charge in [-0.25, -0.2) is 14.2 Å². The Hall–Kier alpha value is -8.30. The number of aryl methyl sites for hydroxylation is 1. The summed E-state index contributed by atoms with van der Waals surface area (Å²) >= 11 is 0. The molecule has 0 bridgehead atoms. The third kappa shape index (κ3) is 12.9. The molecule has 406 valence electrons. The zero-order valence-corrected chi connectivity index (χ0v) is 43.2. The number of amides is 8. The van der Waals surface area contributed by atoms with Crippen LogP contribution in [0.1, 0.15) is 129 Å². The van der Waals surface area contributed by atoms with E-state index in [-0.39, 0.29) is 80.8 Å². The number of fused-ring (bicyclic) bond motifs is 5. The normalized spacial score (nSPS) is 16.2. The van der Waals surface area contributed by atoms with Gasteiger partial charge in [0.2, 0.25) is 29.5 Å². The predicted octanol–water partition coefficient (Wildman–Crippen LogP) is 4.17. The fraction of sp³-hybridized carbons (Fsp3) is 0.436. The molecule has 5 heterocycles. The van der Waals surface area contributed by atoms with E-state index in [1.54, 1.807) is 35.8 Å². The Morgan fingerprint density at radius 1 is 0.831 bits per heavy atom. The number of anilines is 1. The molecule has 8 rings (SSSR count). The number of carbonyl (C=O) groups excluding carboxylic acids is 9. The lowest BCUT2D eigenvalue weighted by molar-refractivity contribution is -0.148. The molecule has 0 spiro atoms. The summed E-state index contributed by atoms with van der Waals surface area (Å²) in [5.74, 6) is -4.11. The molecular formula is C55H62FN9O12. The van der Waals surface area contributed by atoms with E-state index >= 15 is 4.39 Å². The third-order valence-corrected chi connectivity index (χ3v) is 14.3. The maximum absolute atomic E-state index is 15.3. The average Bonchev–Trinajstić information content (AvgIpc) is 3.98. The zero-order chi connectivity index (χ0) is 54.9. The number of halogens is 1. The number of hydrogen-bond donors (Lipinski definition) is 6. The number of nitrogens with one attached hydrogen (secondary N) is 6. The number of hydrogen-bond acceptors (Lipinski definition) is 13. The summed E-state index contributed by atoms with van der Waals surface area (Å²) in [6.07, 6.45) is 6.98. The van der Waals surface area contributed by atoms with E-state index in [0.717, 1.165) is 27.0 Å². The number of rotatable bonds is 23. The van der Waals surface area contributed by atoms with Crippen LogP contribution in [0, 0.1) is 12.7 Å². The van der Waals surface area contributed by atoms with Gasteiger partial charge < -0.3 is 45.9 Å². The Bertz CT molecular complexity index is 3120. The molecule has 3 aliphatic heterocycles. The highest BCUT2D eigenvalue weighted by atomic mass is 19.1. The molecule has 77 heavy (non-hydrogen) atoms. The van der Waals surface area contributed by atoms with Gasteiger partial charge in [-0.3, -0.25) is 48.1 Å². The largest absolute Gasteiger partial charge is 0.460 e. The summed E-state index contributed by atoms with van der Waals surface area (Å²) in [5, 5.41) is 16.8. The Labute approximate surface area is 442 Å². The standard InChI is InChI=1S/C55H62FN9O12/c1-4-34-36-23-42-51-37(27-65(42)53(73)38(36)29-76-54(34)74)50-40(18-17-35-30(2)39(56)24-41(62-51)49(35)50)63-55(75)77-28-32-13-15-33(16-14-32)61-52(72)31(3)60-46(69)26-59-44(67)11-7-5-9-21-57-45(68)25-58-43(66)12-8-6-10-22-64-47(70)19-20-48(64)71/h13-16,19-20,23-24,31,34,40H,4-12,17-18,21-22,25-29H2,1-3H3,(H,57,68)(H,58,66)(H,59,67)(H,60,69)(H,61,72)(H,63,75)/t31-,34?,40-/m0/s1. The highest BCUT2D eigenvalue weighted by Crippen LogP contribution is 2.45. The highest BCUT2D eigenvalue weighted by Gasteiger charge is 2.38. The molecule has 0 fully saturated rings. The molecule has 1 aliphatic carbocycles. The van der Waals surface area contributed by atoms with E-state index in [1.807, 2.05) is 13.0 Å². The van der Waals surface area contributed by atoms with Gasteiger partial charge >= 0.3 is 12.1 Å². The van der Waals surface area contributed by atoms with E-state index in [1.165, 1.54) is 25.1 Å². The van der Waals surface area contributed by atoms with Gasteiger partial charge in [0.05, 0.1) is 54.1 Å². The summed E-state index contributed by atoms with van der Waals surface area (Å²) in [4.78, 5) is 131. The monoisotopic (exact) mass is 1060 g/mol. The van der Waals surface area contributed by atoms with Crippen LogP contribution in [0.2, 0.25) is 0 Å². The number of unbranched alkanes of at least 4 members (excludes halogenated alkanes) is 4. The van der Waals surface area contributed by atoms with Crippen molar-refractivity contribution in [1.29, 1.82) is 0 Å². The van der Waals surface area contributed by atoms with Gasteiger partial charge in [-0.2, -0.15) is 0 Å². The summed E-state index contributed by atoms with van der Waals surface area (Å²) < 4.78 is 28.0. The summed E-state index contributed by atoms with van der Waals surface area (Å²) in [5.41, 5.74) is 5.94. The van der Waals surface area contributed by atoms with Gasteiger partial charge in [0.25, 0.3) is 17.4 Å². The van der Waals surface area contributed by atoms with Crippen LogP contribution in [0.3, 0.4) is 0 Å². The molecule has 2 aromatic heterocycles. The number of carbonyl (C=O) groups is 9. The van der Waals surface area contributed by atoms with E-state index in [2.05, 4.69) is 31.9 Å². The average molecular weight is 1060 g/mol. The molecule has 4 aromatic rings. The van der Waals surface area contributed by atoms with Crippen molar-refractivity contribution in [2.45, 2.75) is 129 Å². The second kappa shape index (κ2) is 24.6. The van der Waals surface area contributed by atoms with Gasteiger partial charge in [-0.05, 0) is 105 Å². The molecule has 0 saturated carbocycles. The molecule has 8 amide bonds. The maximum Gasteiger partial charge on any atom is 0.407 e.